The summed E-state index contributed by atoms with van der Waals surface area (Å²) in [4.78, 5) is 12.0. The fourth-order valence-electron chi connectivity index (χ4n) is 1.55. The zero-order valence-electron chi connectivity index (χ0n) is 9.61. The van der Waals surface area contributed by atoms with Gasteiger partial charge in [0, 0.05) is 25.3 Å². The molecule has 0 spiro atoms. The number of nitro groups is 1. The minimum absolute atomic E-state index is 0.0957. The molecule has 0 fully saturated rings. The van der Waals surface area contributed by atoms with Crippen LogP contribution in [0.1, 0.15) is 12.0 Å². The van der Waals surface area contributed by atoms with Crippen molar-refractivity contribution in [2.75, 3.05) is 18.5 Å². The van der Waals surface area contributed by atoms with Gasteiger partial charge in [-0.25, -0.2) is 0 Å². The Hall–Kier alpha value is -1.80. The van der Waals surface area contributed by atoms with Gasteiger partial charge >= 0.3 is 0 Å². The molecule has 0 saturated heterocycles. The topological polar surface area (TPSA) is 70.2 Å². The van der Waals surface area contributed by atoms with Crippen molar-refractivity contribution in [3.8, 4) is 6.07 Å². The van der Waals surface area contributed by atoms with Crippen LogP contribution in [-0.2, 0) is 0 Å². The Bertz CT molecular complexity index is 482. The van der Waals surface area contributed by atoms with Gasteiger partial charge in [0.15, 0.2) is 0 Å². The van der Waals surface area contributed by atoms with E-state index in [1.165, 1.54) is 6.07 Å². The zero-order valence-corrected chi connectivity index (χ0v) is 10.4. The molecule has 0 bridgehead atoms. The van der Waals surface area contributed by atoms with E-state index in [-0.39, 0.29) is 10.7 Å². The number of hydrogen-bond acceptors (Lipinski definition) is 4. The Morgan fingerprint density at radius 2 is 2.24 bits per heavy atom. The first-order chi connectivity index (χ1) is 7.97. The molecule has 0 N–H and O–H groups in total. The predicted molar refractivity (Wildman–Crippen MR) is 66.3 cm³/mol. The Kier molecular flexibility index (Phi) is 4.30. The number of benzene rings is 1. The van der Waals surface area contributed by atoms with Gasteiger partial charge < -0.3 is 4.90 Å². The molecule has 0 unspecified atom stereocenters. The smallest absolute Gasteiger partial charge is 0.288 e. The third-order valence-electron chi connectivity index (χ3n) is 2.43. The van der Waals surface area contributed by atoms with Crippen LogP contribution in [-0.4, -0.2) is 18.5 Å². The van der Waals surface area contributed by atoms with Gasteiger partial charge in [-0.05, 0) is 18.6 Å². The van der Waals surface area contributed by atoms with Crippen LogP contribution >= 0.6 is 11.6 Å². The third kappa shape index (κ3) is 3.08. The molecule has 6 heteroatoms. The molecule has 90 valence electrons. The second kappa shape index (κ2) is 5.51. The molecule has 1 rings (SSSR count). The fraction of sp³-hybridized carbons (Fsp3) is 0.364. The molecular weight excluding hydrogens is 242 g/mol. The zero-order chi connectivity index (χ0) is 13.0. The van der Waals surface area contributed by atoms with E-state index >= 15 is 0 Å². The molecule has 1 aromatic rings. The van der Waals surface area contributed by atoms with E-state index in [2.05, 4.69) is 0 Å². The molecule has 0 aliphatic heterocycles. The van der Waals surface area contributed by atoms with E-state index in [0.29, 0.717) is 13.0 Å². The summed E-state index contributed by atoms with van der Waals surface area (Å²) in [6.07, 6.45) is 0.393. The molecule has 0 heterocycles. The van der Waals surface area contributed by atoms with Crippen molar-refractivity contribution in [3.05, 3.63) is 32.8 Å². The highest BCUT2D eigenvalue weighted by Crippen LogP contribution is 2.32. The second-order valence-corrected chi connectivity index (χ2v) is 4.08. The van der Waals surface area contributed by atoms with E-state index < -0.39 is 4.92 Å². The lowest BCUT2D eigenvalue weighted by atomic mass is 10.1. The maximum absolute atomic E-state index is 10.7. The van der Waals surface area contributed by atoms with Gasteiger partial charge in [0.25, 0.3) is 5.69 Å². The number of nitro benzene ring substituents is 1. The van der Waals surface area contributed by atoms with Crippen LogP contribution in [0, 0.1) is 28.4 Å². The predicted octanol–water partition coefficient (Wildman–Crippen LogP) is 2.91. The number of aryl methyl sites for hydroxylation is 1. The Labute approximate surface area is 104 Å². The summed E-state index contributed by atoms with van der Waals surface area (Å²) in [5, 5.41) is 19.3. The molecule has 0 radical (unpaired) electrons. The highest BCUT2D eigenvalue weighted by atomic mass is 35.5. The average molecular weight is 254 g/mol. The standard InChI is InChI=1S/C11H12ClN3O2/c1-8-6-11(15(16)17)9(12)7-10(8)14(2)5-3-4-13/h6-7H,3,5H2,1-2H3. The number of nitrogens with zero attached hydrogens (tertiary/aromatic N) is 3. The van der Waals surface area contributed by atoms with Crippen LogP contribution in [0.3, 0.4) is 0 Å². The first kappa shape index (κ1) is 13.3. The number of anilines is 1. The Morgan fingerprint density at radius 3 is 2.76 bits per heavy atom. The lowest BCUT2D eigenvalue weighted by Crippen LogP contribution is -2.19. The van der Waals surface area contributed by atoms with Gasteiger partial charge in [-0.15, -0.1) is 0 Å². The number of nitriles is 1. The van der Waals surface area contributed by atoms with Gasteiger partial charge in [0.1, 0.15) is 5.02 Å². The van der Waals surface area contributed by atoms with Crippen molar-refractivity contribution in [2.45, 2.75) is 13.3 Å². The second-order valence-electron chi connectivity index (χ2n) is 3.68. The summed E-state index contributed by atoms with van der Waals surface area (Å²) in [5.74, 6) is 0. The summed E-state index contributed by atoms with van der Waals surface area (Å²) in [5.41, 5.74) is 1.47. The SMILES string of the molecule is Cc1cc([N+](=O)[O-])c(Cl)cc1N(C)CCC#N. The molecule has 0 aliphatic carbocycles. The average Bonchev–Trinajstić information content (AvgIpc) is 2.28. The normalized spacial score (nSPS) is 9.76. The van der Waals surface area contributed by atoms with Gasteiger partial charge in [0.05, 0.1) is 17.4 Å². The van der Waals surface area contributed by atoms with E-state index in [1.54, 1.807) is 13.0 Å². The van der Waals surface area contributed by atoms with Gasteiger partial charge in [-0.3, -0.25) is 10.1 Å². The third-order valence-corrected chi connectivity index (χ3v) is 2.74. The lowest BCUT2D eigenvalue weighted by molar-refractivity contribution is -0.384. The minimum Gasteiger partial charge on any atom is -0.373 e. The maximum Gasteiger partial charge on any atom is 0.288 e. The van der Waals surface area contributed by atoms with E-state index in [1.807, 2.05) is 18.0 Å². The van der Waals surface area contributed by atoms with Crippen molar-refractivity contribution in [1.82, 2.24) is 0 Å². The molecule has 0 aromatic heterocycles. The van der Waals surface area contributed by atoms with Gasteiger partial charge in [0.2, 0.25) is 0 Å². The largest absolute Gasteiger partial charge is 0.373 e. The van der Waals surface area contributed by atoms with Gasteiger partial charge in [-0.1, -0.05) is 11.6 Å². The van der Waals surface area contributed by atoms with Crippen LogP contribution in [0.15, 0.2) is 12.1 Å². The number of rotatable bonds is 4. The molecular formula is C11H12ClN3O2. The van der Waals surface area contributed by atoms with Crippen molar-refractivity contribution < 1.29 is 4.92 Å². The molecule has 17 heavy (non-hydrogen) atoms. The monoisotopic (exact) mass is 253 g/mol. The highest BCUT2D eigenvalue weighted by Gasteiger charge is 2.16. The highest BCUT2D eigenvalue weighted by molar-refractivity contribution is 6.33. The molecule has 0 saturated carbocycles. The number of hydrogen-bond donors (Lipinski definition) is 0. The number of halogens is 1. The van der Waals surface area contributed by atoms with Gasteiger partial charge in [-0.2, -0.15) is 5.26 Å². The molecule has 0 amide bonds. The van der Waals surface area contributed by atoms with Crippen LogP contribution in [0.25, 0.3) is 0 Å². The van der Waals surface area contributed by atoms with E-state index in [4.69, 9.17) is 16.9 Å². The summed E-state index contributed by atoms with van der Waals surface area (Å²) >= 11 is 5.84. The first-order valence-corrected chi connectivity index (χ1v) is 5.37. The van der Waals surface area contributed by atoms with Crippen LogP contribution in [0.5, 0.6) is 0 Å². The maximum atomic E-state index is 10.7. The van der Waals surface area contributed by atoms with Crippen molar-refractivity contribution in [2.24, 2.45) is 0 Å². The van der Waals surface area contributed by atoms with Crippen LogP contribution < -0.4 is 4.90 Å². The quantitative estimate of drug-likeness (QED) is 0.611. The molecule has 0 aliphatic rings. The minimum atomic E-state index is -0.506. The van der Waals surface area contributed by atoms with Crippen LogP contribution in [0.4, 0.5) is 11.4 Å². The summed E-state index contributed by atoms with van der Waals surface area (Å²) < 4.78 is 0. The van der Waals surface area contributed by atoms with Crippen molar-refractivity contribution in [1.29, 1.82) is 5.26 Å². The van der Waals surface area contributed by atoms with Crippen molar-refractivity contribution >= 4 is 23.0 Å². The summed E-state index contributed by atoms with van der Waals surface area (Å²) in [7, 11) is 1.82. The van der Waals surface area contributed by atoms with Crippen molar-refractivity contribution in [3.63, 3.8) is 0 Å². The lowest BCUT2D eigenvalue weighted by Gasteiger charge is -2.20. The van der Waals surface area contributed by atoms with E-state index in [0.717, 1.165) is 11.3 Å². The summed E-state index contributed by atoms with van der Waals surface area (Å²) in [6, 6.07) is 5.06. The molecule has 5 nitrogen and oxygen atoms in total. The van der Waals surface area contributed by atoms with E-state index in [9.17, 15) is 10.1 Å². The summed E-state index contributed by atoms with van der Waals surface area (Å²) in [6.45, 7) is 2.34. The molecule has 1 aromatic carbocycles. The van der Waals surface area contributed by atoms with Crippen LogP contribution in [0.2, 0.25) is 5.02 Å². The first-order valence-electron chi connectivity index (χ1n) is 5.00. The molecule has 0 atom stereocenters. The Morgan fingerprint density at radius 1 is 1.59 bits per heavy atom. The Balaban J connectivity index is 3.07. The fourth-order valence-corrected chi connectivity index (χ4v) is 1.77.